The van der Waals surface area contributed by atoms with Crippen LogP contribution in [-0.4, -0.2) is 19.9 Å². The van der Waals surface area contributed by atoms with Gasteiger partial charge in [0.05, 0.1) is 16.8 Å². The Hall–Kier alpha value is -2.15. The van der Waals surface area contributed by atoms with Crippen molar-refractivity contribution in [2.24, 2.45) is 0 Å². The molecule has 0 aliphatic rings. The number of benzene rings is 1. The number of aromatic nitrogens is 1. The van der Waals surface area contributed by atoms with Crippen LogP contribution >= 0.6 is 0 Å². The van der Waals surface area contributed by atoms with Crippen LogP contribution in [0.1, 0.15) is 25.3 Å². The van der Waals surface area contributed by atoms with Gasteiger partial charge in [-0.3, -0.25) is 4.72 Å². The van der Waals surface area contributed by atoms with Gasteiger partial charge in [-0.25, -0.2) is 17.8 Å². The average Bonchev–Trinajstić information content (AvgIpc) is 2.51. The predicted octanol–water partition coefficient (Wildman–Crippen LogP) is 3.54. The van der Waals surface area contributed by atoms with Crippen molar-refractivity contribution >= 4 is 21.5 Å². The smallest absolute Gasteiger partial charge is 0.261 e. The monoisotopic (exact) mass is 337 g/mol. The number of aryl methyl sites for hydroxylation is 1. The third-order valence-electron chi connectivity index (χ3n) is 3.29. The lowest BCUT2D eigenvalue weighted by Gasteiger charge is -2.10. The molecule has 0 fully saturated rings. The molecule has 0 aliphatic carbocycles. The number of nitrogens with zero attached hydrogens (tertiary/aromatic N) is 1. The van der Waals surface area contributed by atoms with Crippen molar-refractivity contribution in [2.75, 3.05) is 16.6 Å². The molecule has 0 bridgehead atoms. The first kappa shape index (κ1) is 17.2. The van der Waals surface area contributed by atoms with Gasteiger partial charge in [0, 0.05) is 6.54 Å². The van der Waals surface area contributed by atoms with E-state index in [1.165, 1.54) is 25.3 Å². The molecule has 0 unspecified atom stereocenters. The molecule has 5 nitrogen and oxygen atoms in total. The van der Waals surface area contributed by atoms with Gasteiger partial charge in [0.15, 0.2) is 0 Å². The van der Waals surface area contributed by atoms with Gasteiger partial charge in [-0.05, 0) is 49.2 Å². The molecule has 2 N–H and O–H groups in total. The average molecular weight is 337 g/mol. The Labute approximate surface area is 136 Å². The van der Waals surface area contributed by atoms with Gasteiger partial charge in [0.2, 0.25) is 0 Å². The SMILES string of the molecule is CCCCNc1ccc(NS(=O)(=O)c2ccc(F)c(C)c2)cn1. The first-order chi connectivity index (χ1) is 10.9. The van der Waals surface area contributed by atoms with Gasteiger partial charge in [0.1, 0.15) is 11.6 Å². The van der Waals surface area contributed by atoms with E-state index in [1.807, 2.05) is 0 Å². The highest BCUT2D eigenvalue weighted by atomic mass is 32.2. The molecule has 1 aromatic heterocycles. The van der Waals surface area contributed by atoms with Crippen LogP contribution in [0.4, 0.5) is 15.9 Å². The summed E-state index contributed by atoms with van der Waals surface area (Å²) in [5.74, 6) is 0.257. The second kappa shape index (κ2) is 7.41. The van der Waals surface area contributed by atoms with E-state index in [-0.39, 0.29) is 10.5 Å². The molecule has 0 saturated carbocycles. The summed E-state index contributed by atoms with van der Waals surface area (Å²) in [6.07, 6.45) is 3.57. The number of sulfonamides is 1. The molecule has 0 atom stereocenters. The quantitative estimate of drug-likeness (QED) is 0.758. The van der Waals surface area contributed by atoms with Crippen molar-refractivity contribution in [3.63, 3.8) is 0 Å². The maximum Gasteiger partial charge on any atom is 0.261 e. The lowest BCUT2D eigenvalue weighted by atomic mass is 10.2. The highest BCUT2D eigenvalue weighted by molar-refractivity contribution is 7.92. The highest BCUT2D eigenvalue weighted by Gasteiger charge is 2.15. The minimum absolute atomic E-state index is 0.0153. The first-order valence-electron chi connectivity index (χ1n) is 7.41. The van der Waals surface area contributed by atoms with Crippen LogP contribution in [0.2, 0.25) is 0 Å². The Morgan fingerprint density at radius 3 is 2.61 bits per heavy atom. The molecule has 23 heavy (non-hydrogen) atoms. The third-order valence-corrected chi connectivity index (χ3v) is 4.67. The summed E-state index contributed by atoms with van der Waals surface area (Å²) >= 11 is 0. The highest BCUT2D eigenvalue weighted by Crippen LogP contribution is 2.19. The number of nitrogens with one attached hydrogen (secondary N) is 2. The minimum Gasteiger partial charge on any atom is -0.370 e. The Morgan fingerprint density at radius 1 is 1.22 bits per heavy atom. The van der Waals surface area contributed by atoms with E-state index in [0.717, 1.165) is 25.5 Å². The zero-order valence-electron chi connectivity index (χ0n) is 13.1. The Bertz CT molecular complexity index is 761. The number of pyridine rings is 1. The van der Waals surface area contributed by atoms with Crippen molar-refractivity contribution < 1.29 is 12.8 Å². The zero-order chi connectivity index (χ0) is 16.9. The number of unbranched alkanes of at least 4 members (excludes halogenated alkanes) is 1. The van der Waals surface area contributed by atoms with Crippen LogP contribution in [0, 0.1) is 12.7 Å². The standard InChI is InChI=1S/C16H20FN3O2S/c1-3-4-9-18-16-8-5-13(11-19-16)20-23(21,22)14-6-7-15(17)12(2)10-14/h5-8,10-11,20H,3-4,9H2,1-2H3,(H,18,19). The molecule has 2 aromatic rings. The summed E-state index contributed by atoms with van der Waals surface area (Å²) in [4.78, 5) is 4.18. The Balaban J connectivity index is 2.09. The normalized spacial score (nSPS) is 11.3. The summed E-state index contributed by atoms with van der Waals surface area (Å²) in [6, 6.07) is 7.02. The maximum atomic E-state index is 13.3. The molecule has 2 rings (SSSR count). The van der Waals surface area contributed by atoms with Gasteiger partial charge in [-0.1, -0.05) is 13.3 Å². The van der Waals surface area contributed by atoms with Crippen LogP contribution in [0.15, 0.2) is 41.4 Å². The van der Waals surface area contributed by atoms with E-state index in [2.05, 4.69) is 21.9 Å². The predicted molar refractivity (Wildman–Crippen MR) is 89.6 cm³/mol. The van der Waals surface area contributed by atoms with E-state index in [0.29, 0.717) is 11.5 Å². The van der Waals surface area contributed by atoms with Crippen LogP contribution in [0.5, 0.6) is 0 Å². The topological polar surface area (TPSA) is 71.1 Å². The fourth-order valence-electron chi connectivity index (χ4n) is 1.95. The van der Waals surface area contributed by atoms with E-state index in [9.17, 15) is 12.8 Å². The largest absolute Gasteiger partial charge is 0.370 e. The number of halogens is 1. The van der Waals surface area contributed by atoms with Crippen LogP contribution in [-0.2, 0) is 10.0 Å². The number of hydrogen-bond donors (Lipinski definition) is 2. The molecule has 1 aromatic carbocycles. The second-order valence-corrected chi connectivity index (χ2v) is 6.91. The molecule has 7 heteroatoms. The number of rotatable bonds is 7. The fourth-order valence-corrected chi connectivity index (χ4v) is 3.08. The molecular formula is C16H20FN3O2S. The van der Waals surface area contributed by atoms with Gasteiger partial charge >= 0.3 is 0 Å². The van der Waals surface area contributed by atoms with Crippen molar-refractivity contribution in [2.45, 2.75) is 31.6 Å². The summed E-state index contributed by atoms with van der Waals surface area (Å²) in [5.41, 5.74) is 0.634. The molecule has 124 valence electrons. The van der Waals surface area contributed by atoms with Gasteiger partial charge < -0.3 is 5.32 Å². The summed E-state index contributed by atoms with van der Waals surface area (Å²) in [6.45, 7) is 4.44. The van der Waals surface area contributed by atoms with Gasteiger partial charge in [-0.15, -0.1) is 0 Å². The second-order valence-electron chi connectivity index (χ2n) is 5.23. The maximum absolute atomic E-state index is 13.3. The van der Waals surface area contributed by atoms with E-state index in [4.69, 9.17) is 0 Å². The molecular weight excluding hydrogens is 317 g/mol. The summed E-state index contributed by atoms with van der Waals surface area (Å²) < 4.78 is 40.3. The van der Waals surface area contributed by atoms with E-state index < -0.39 is 15.8 Å². The molecule has 0 aliphatic heterocycles. The van der Waals surface area contributed by atoms with E-state index in [1.54, 1.807) is 12.1 Å². The van der Waals surface area contributed by atoms with Gasteiger partial charge in [-0.2, -0.15) is 0 Å². The Morgan fingerprint density at radius 2 is 2.00 bits per heavy atom. The zero-order valence-corrected chi connectivity index (χ0v) is 14.0. The third kappa shape index (κ3) is 4.66. The van der Waals surface area contributed by atoms with Crippen molar-refractivity contribution in [1.82, 2.24) is 4.98 Å². The summed E-state index contributed by atoms with van der Waals surface area (Å²) in [5, 5.41) is 3.15. The van der Waals surface area contributed by atoms with Crippen molar-refractivity contribution in [3.05, 3.63) is 47.9 Å². The van der Waals surface area contributed by atoms with Crippen LogP contribution in [0.25, 0.3) is 0 Å². The number of hydrogen-bond acceptors (Lipinski definition) is 4. The number of anilines is 2. The fraction of sp³-hybridized carbons (Fsp3) is 0.312. The molecule has 0 radical (unpaired) electrons. The molecule has 1 heterocycles. The summed E-state index contributed by atoms with van der Waals surface area (Å²) in [7, 11) is -3.76. The van der Waals surface area contributed by atoms with Crippen LogP contribution in [0.3, 0.4) is 0 Å². The van der Waals surface area contributed by atoms with Crippen molar-refractivity contribution in [3.8, 4) is 0 Å². The molecule has 0 spiro atoms. The minimum atomic E-state index is -3.76. The first-order valence-corrected chi connectivity index (χ1v) is 8.89. The van der Waals surface area contributed by atoms with E-state index >= 15 is 0 Å². The lowest BCUT2D eigenvalue weighted by Crippen LogP contribution is -2.13. The van der Waals surface area contributed by atoms with Gasteiger partial charge in [0.25, 0.3) is 10.0 Å². The molecule has 0 saturated heterocycles. The Kier molecular flexibility index (Phi) is 5.54. The molecule has 0 amide bonds. The lowest BCUT2D eigenvalue weighted by molar-refractivity contribution is 0.598. The van der Waals surface area contributed by atoms with Crippen LogP contribution < -0.4 is 10.0 Å². The van der Waals surface area contributed by atoms with Crippen molar-refractivity contribution in [1.29, 1.82) is 0 Å².